The minimum Gasteiger partial charge on any atom is -0.504 e. The second-order valence-corrected chi connectivity index (χ2v) is 3.57. The highest BCUT2D eigenvalue weighted by Crippen LogP contribution is 2.32. The Bertz CT molecular complexity index is 311. The number of rotatable bonds is 4. The largest absolute Gasteiger partial charge is 0.504 e. The Morgan fingerprint density at radius 2 is 1.60 bits per heavy atom. The first-order valence-corrected chi connectivity index (χ1v) is 5.23. The van der Waals surface area contributed by atoms with Crippen molar-refractivity contribution in [3.63, 3.8) is 0 Å². The molecule has 15 heavy (non-hydrogen) atoms. The zero-order valence-electron chi connectivity index (χ0n) is 9.29. The summed E-state index contributed by atoms with van der Waals surface area (Å²) in [6, 6.07) is 3.48. The maximum absolute atomic E-state index is 9.69. The van der Waals surface area contributed by atoms with Crippen molar-refractivity contribution in [1.29, 1.82) is 0 Å². The van der Waals surface area contributed by atoms with E-state index in [2.05, 4.69) is 13.8 Å². The molecular formula is C12H19ClO2. The molecule has 0 aliphatic heterocycles. The number of halogens is 1. The average molecular weight is 231 g/mol. The van der Waals surface area contributed by atoms with Crippen molar-refractivity contribution in [2.75, 3.05) is 0 Å². The highest BCUT2D eigenvalue weighted by molar-refractivity contribution is 5.85. The summed E-state index contributed by atoms with van der Waals surface area (Å²) in [6.07, 6.45) is 3.83. The number of phenols is 2. The quantitative estimate of drug-likeness (QED) is 0.779. The summed E-state index contributed by atoms with van der Waals surface area (Å²) >= 11 is 0. The van der Waals surface area contributed by atoms with Gasteiger partial charge in [0.25, 0.3) is 0 Å². The molecule has 0 aliphatic rings. The van der Waals surface area contributed by atoms with Crippen molar-refractivity contribution in [3.8, 4) is 11.5 Å². The lowest BCUT2D eigenvalue weighted by atomic mass is 9.98. The zero-order chi connectivity index (χ0) is 10.6. The van der Waals surface area contributed by atoms with Gasteiger partial charge in [0.1, 0.15) is 0 Å². The molecule has 2 nitrogen and oxygen atoms in total. The first-order chi connectivity index (χ1) is 6.70. The van der Waals surface area contributed by atoms with Crippen molar-refractivity contribution in [2.24, 2.45) is 0 Å². The molecule has 0 heterocycles. The first kappa shape index (κ1) is 14.1. The fraction of sp³-hybridized carbons (Fsp3) is 0.500. The summed E-state index contributed by atoms with van der Waals surface area (Å²) in [7, 11) is 0. The molecule has 0 aliphatic carbocycles. The van der Waals surface area contributed by atoms with E-state index >= 15 is 0 Å². The third-order valence-electron chi connectivity index (χ3n) is 2.38. The van der Waals surface area contributed by atoms with Gasteiger partial charge in [-0.05, 0) is 24.5 Å². The Hall–Kier alpha value is -0.890. The normalized spacial score (nSPS) is 9.73. The Labute approximate surface area is 97.4 Å². The van der Waals surface area contributed by atoms with E-state index in [1.165, 1.54) is 0 Å². The number of benzene rings is 1. The van der Waals surface area contributed by atoms with Crippen LogP contribution in [0.1, 0.15) is 37.8 Å². The molecule has 1 aromatic carbocycles. The van der Waals surface area contributed by atoms with Crippen LogP contribution in [0.15, 0.2) is 12.1 Å². The van der Waals surface area contributed by atoms with Gasteiger partial charge in [0.2, 0.25) is 0 Å². The predicted molar refractivity (Wildman–Crippen MR) is 65.0 cm³/mol. The maximum Gasteiger partial charge on any atom is 0.160 e. The summed E-state index contributed by atoms with van der Waals surface area (Å²) < 4.78 is 0. The van der Waals surface area contributed by atoms with Crippen LogP contribution in [0.2, 0.25) is 0 Å². The molecule has 1 rings (SSSR count). The number of phenolic OH excluding ortho intramolecular Hbond substituents is 2. The molecule has 1 aromatic rings. The van der Waals surface area contributed by atoms with E-state index in [9.17, 15) is 10.2 Å². The van der Waals surface area contributed by atoms with Crippen LogP contribution in [0, 0.1) is 0 Å². The third kappa shape index (κ3) is 3.31. The molecule has 0 amide bonds. The van der Waals surface area contributed by atoms with Gasteiger partial charge in [0.15, 0.2) is 11.5 Å². The monoisotopic (exact) mass is 230 g/mol. The molecule has 0 spiro atoms. The average Bonchev–Trinajstić information content (AvgIpc) is 2.18. The van der Waals surface area contributed by atoms with Crippen LogP contribution in [-0.4, -0.2) is 10.2 Å². The van der Waals surface area contributed by atoms with Gasteiger partial charge >= 0.3 is 0 Å². The lowest BCUT2D eigenvalue weighted by Crippen LogP contribution is -1.94. The molecule has 0 bridgehead atoms. The maximum atomic E-state index is 9.69. The van der Waals surface area contributed by atoms with Gasteiger partial charge in [-0.15, -0.1) is 12.4 Å². The Balaban J connectivity index is 0.00000196. The SMILES string of the molecule is CCCc1ccc(O)c(O)c1CCC.Cl. The second-order valence-electron chi connectivity index (χ2n) is 3.57. The van der Waals surface area contributed by atoms with Crippen LogP contribution in [0.3, 0.4) is 0 Å². The summed E-state index contributed by atoms with van der Waals surface area (Å²) in [6.45, 7) is 4.18. The molecule has 0 radical (unpaired) electrons. The van der Waals surface area contributed by atoms with Crippen LogP contribution in [0.5, 0.6) is 11.5 Å². The molecular weight excluding hydrogens is 212 g/mol. The standard InChI is InChI=1S/C12H18O2.ClH/c1-3-5-9-7-8-11(13)12(14)10(9)6-4-2;/h7-8,13-14H,3-6H2,1-2H3;1H. The van der Waals surface area contributed by atoms with Crippen LogP contribution in [-0.2, 0) is 12.8 Å². The fourth-order valence-corrected chi connectivity index (χ4v) is 1.70. The van der Waals surface area contributed by atoms with E-state index in [-0.39, 0.29) is 23.9 Å². The molecule has 0 aromatic heterocycles. The van der Waals surface area contributed by atoms with Crippen LogP contribution >= 0.6 is 12.4 Å². The fourth-order valence-electron chi connectivity index (χ4n) is 1.70. The molecule has 0 unspecified atom stereocenters. The van der Waals surface area contributed by atoms with E-state index in [1.54, 1.807) is 6.07 Å². The van der Waals surface area contributed by atoms with E-state index in [0.717, 1.165) is 36.8 Å². The van der Waals surface area contributed by atoms with Gasteiger partial charge in [-0.2, -0.15) is 0 Å². The number of aryl methyl sites for hydroxylation is 1. The van der Waals surface area contributed by atoms with Gasteiger partial charge in [-0.1, -0.05) is 32.8 Å². The van der Waals surface area contributed by atoms with Gasteiger partial charge in [0, 0.05) is 5.56 Å². The van der Waals surface area contributed by atoms with Gasteiger partial charge in [-0.3, -0.25) is 0 Å². The van der Waals surface area contributed by atoms with Crippen molar-refractivity contribution < 1.29 is 10.2 Å². The Morgan fingerprint density at radius 3 is 2.13 bits per heavy atom. The lowest BCUT2D eigenvalue weighted by molar-refractivity contribution is 0.398. The molecule has 0 atom stereocenters. The van der Waals surface area contributed by atoms with Crippen molar-refractivity contribution in [3.05, 3.63) is 23.3 Å². The van der Waals surface area contributed by atoms with Crippen molar-refractivity contribution in [2.45, 2.75) is 39.5 Å². The molecule has 0 fully saturated rings. The van der Waals surface area contributed by atoms with Crippen LogP contribution in [0.25, 0.3) is 0 Å². The van der Waals surface area contributed by atoms with E-state index in [0.29, 0.717) is 0 Å². The van der Waals surface area contributed by atoms with Crippen molar-refractivity contribution in [1.82, 2.24) is 0 Å². The summed E-state index contributed by atoms with van der Waals surface area (Å²) in [4.78, 5) is 0. The second kappa shape index (κ2) is 6.57. The minimum absolute atomic E-state index is 0. The van der Waals surface area contributed by atoms with Gasteiger partial charge in [-0.25, -0.2) is 0 Å². The molecule has 0 saturated carbocycles. The predicted octanol–water partition coefficient (Wildman–Crippen LogP) is 3.42. The molecule has 3 heteroatoms. The summed E-state index contributed by atoms with van der Waals surface area (Å²) in [5, 5.41) is 19.1. The lowest BCUT2D eigenvalue weighted by Gasteiger charge is -2.11. The van der Waals surface area contributed by atoms with Crippen LogP contribution < -0.4 is 0 Å². The van der Waals surface area contributed by atoms with Crippen LogP contribution in [0.4, 0.5) is 0 Å². The van der Waals surface area contributed by atoms with E-state index in [4.69, 9.17) is 0 Å². The zero-order valence-corrected chi connectivity index (χ0v) is 10.1. The topological polar surface area (TPSA) is 40.5 Å². The first-order valence-electron chi connectivity index (χ1n) is 5.23. The minimum atomic E-state index is -0.00620. The number of aromatic hydroxyl groups is 2. The Kier molecular flexibility index (Phi) is 6.18. The smallest absolute Gasteiger partial charge is 0.160 e. The van der Waals surface area contributed by atoms with E-state index in [1.807, 2.05) is 6.07 Å². The molecule has 0 saturated heterocycles. The third-order valence-corrected chi connectivity index (χ3v) is 2.38. The van der Waals surface area contributed by atoms with E-state index < -0.39 is 0 Å². The molecule has 86 valence electrons. The molecule has 2 N–H and O–H groups in total. The number of hydrogen-bond donors (Lipinski definition) is 2. The summed E-state index contributed by atoms with van der Waals surface area (Å²) in [5.41, 5.74) is 2.07. The Morgan fingerprint density at radius 1 is 1.00 bits per heavy atom. The van der Waals surface area contributed by atoms with Gasteiger partial charge in [0.05, 0.1) is 0 Å². The van der Waals surface area contributed by atoms with Crippen molar-refractivity contribution >= 4 is 12.4 Å². The number of hydrogen-bond acceptors (Lipinski definition) is 2. The van der Waals surface area contributed by atoms with Gasteiger partial charge < -0.3 is 10.2 Å². The summed E-state index contributed by atoms with van der Waals surface area (Å²) in [5.74, 6) is 0.0612. The highest BCUT2D eigenvalue weighted by atomic mass is 35.5. The highest BCUT2D eigenvalue weighted by Gasteiger charge is 2.10.